The molecule has 3 N–H and O–H groups in total. The molecule has 1 aromatic carbocycles. The van der Waals surface area contributed by atoms with Crippen molar-refractivity contribution in [2.45, 2.75) is 39.3 Å². The maximum absolute atomic E-state index is 13.0. The minimum absolute atomic E-state index is 0. The Hall–Kier alpha value is -0.710. The summed E-state index contributed by atoms with van der Waals surface area (Å²) < 4.78 is 26.0. The number of benzene rings is 1. The van der Waals surface area contributed by atoms with Crippen molar-refractivity contribution in [1.29, 1.82) is 0 Å². The van der Waals surface area contributed by atoms with Gasteiger partial charge in [0.2, 0.25) is 0 Å². The predicted octanol–water partition coefficient (Wildman–Crippen LogP) is 3.18. The van der Waals surface area contributed by atoms with E-state index in [9.17, 15) is 13.9 Å². The molecule has 18 heavy (non-hydrogen) atoms. The van der Waals surface area contributed by atoms with Crippen LogP contribution in [0, 0.1) is 17.0 Å². The van der Waals surface area contributed by atoms with Crippen LogP contribution in [0.25, 0.3) is 0 Å². The van der Waals surface area contributed by atoms with Crippen molar-refractivity contribution in [3.63, 3.8) is 0 Å². The van der Waals surface area contributed by atoms with Crippen molar-refractivity contribution in [3.05, 3.63) is 35.4 Å². The molecular weight excluding hydrogens is 260 g/mol. The molecular formula is C13H20ClF2NO. The highest BCUT2D eigenvalue weighted by Crippen LogP contribution is 2.27. The van der Waals surface area contributed by atoms with Gasteiger partial charge in [-0.2, -0.15) is 0 Å². The van der Waals surface area contributed by atoms with Crippen molar-refractivity contribution < 1.29 is 13.9 Å². The lowest BCUT2D eigenvalue weighted by Gasteiger charge is -2.29. The van der Waals surface area contributed by atoms with Crippen LogP contribution in [0.15, 0.2) is 18.2 Å². The topological polar surface area (TPSA) is 46.2 Å². The summed E-state index contributed by atoms with van der Waals surface area (Å²) in [5.41, 5.74) is 5.98. The van der Waals surface area contributed by atoms with Gasteiger partial charge in [-0.25, -0.2) is 8.78 Å². The summed E-state index contributed by atoms with van der Waals surface area (Å²) in [4.78, 5) is 0. The molecule has 0 spiro atoms. The van der Waals surface area contributed by atoms with Gasteiger partial charge in [-0.15, -0.1) is 12.4 Å². The second kappa shape index (κ2) is 6.45. The summed E-state index contributed by atoms with van der Waals surface area (Å²) in [6, 6.07) is 2.79. The molecule has 0 saturated carbocycles. The lowest BCUT2D eigenvalue weighted by atomic mass is 9.83. The minimum atomic E-state index is -0.950. The standard InChI is InChI=1S/C13H19F2NO.ClH/c1-13(2,3)12(16)7-11(17)8-4-9(14)6-10(15)5-8;/h4-6,11-12,17H,7,16H2,1-3H3;1H/t11-,12-;/m1./s1. The molecule has 2 atom stereocenters. The average Bonchev–Trinajstić information content (AvgIpc) is 2.14. The Labute approximate surface area is 113 Å². The molecule has 0 fully saturated rings. The lowest BCUT2D eigenvalue weighted by Crippen LogP contribution is -2.36. The van der Waals surface area contributed by atoms with Crippen LogP contribution in [0.5, 0.6) is 0 Å². The van der Waals surface area contributed by atoms with E-state index in [1.807, 2.05) is 20.8 Å². The molecule has 0 bridgehead atoms. The first-order valence-electron chi connectivity index (χ1n) is 5.60. The van der Waals surface area contributed by atoms with E-state index in [1.165, 1.54) is 0 Å². The average molecular weight is 280 g/mol. The number of hydrogen-bond donors (Lipinski definition) is 2. The zero-order valence-electron chi connectivity index (χ0n) is 10.8. The van der Waals surface area contributed by atoms with Gasteiger partial charge in [-0.3, -0.25) is 0 Å². The molecule has 1 aromatic rings. The number of rotatable bonds is 3. The number of aliphatic hydroxyl groups excluding tert-OH is 1. The fraction of sp³-hybridized carbons (Fsp3) is 0.538. The molecule has 0 heterocycles. The Morgan fingerprint density at radius 3 is 2.00 bits per heavy atom. The third-order valence-electron chi connectivity index (χ3n) is 2.86. The third-order valence-corrected chi connectivity index (χ3v) is 2.86. The Morgan fingerprint density at radius 1 is 1.17 bits per heavy atom. The van der Waals surface area contributed by atoms with Crippen molar-refractivity contribution in [1.82, 2.24) is 0 Å². The summed E-state index contributed by atoms with van der Waals surface area (Å²) in [5, 5.41) is 9.89. The molecule has 0 amide bonds. The SMILES string of the molecule is CC(C)(C)[C@H](N)C[C@@H](O)c1cc(F)cc(F)c1.Cl. The van der Waals surface area contributed by atoms with E-state index in [1.54, 1.807) is 0 Å². The summed E-state index contributed by atoms with van der Waals surface area (Å²) in [6.07, 6.45) is -0.679. The highest BCUT2D eigenvalue weighted by atomic mass is 35.5. The zero-order valence-corrected chi connectivity index (χ0v) is 11.6. The molecule has 0 aliphatic heterocycles. The smallest absolute Gasteiger partial charge is 0.126 e. The van der Waals surface area contributed by atoms with Crippen LogP contribution in [0.3, 0.4) is 0 Å². The predicted molar refractivity (Wildman–Crippen MR) is 70.6 cm³/mol. The number of aliphatic hydroxyl groups is 1. The van der Waals surface area contributed by atoms with E-state index < -0.39 is 17.7 Å². The van der Waals surface area contributed by atoms with Crippen LogP contribution in [0.1, 0.15) is 38.9 Å². The van der Waals surface area contributed by atoms with E-state index in [0.29, 0.717) is 0 Å². The van der Waals surface area contributed by atoms with Gasteiger partial charge in [0, 0.05) is 12.1 Å². The van der Waals surface area contributed by atoms with Gasteiger partial charge in [0.1, 0.15) is 11.6 Å². The quantitative estimate of drug-likeness (QED) is 0.893. The molecule has 1 rings (SSSR count). The van der Waals surface area contributed by atoms with Crippen LogP contribution in [0.2, 0.25) is 0 Å². The highest BCUT2D eigenvalue weighted by molar-refractivity contribution is 5.85. The summed E-state index contributed by atoms with van der Waals surface area (Å²) >= 11 is 0. The van der Waals surface area contributed by atoms with Crippen LogP contribution < -0.4 is 5.73 Å². The van der Waals surface area contributed by atoms with Crippen molar-refractivity contribution >= 4 is 12.4 Å². The third kappa shape index (κ3) is 4.88. The molecule has 0 radical (unpaired) electrons. The van der Waals surface area contributed by atoms with Gasteiger partial charge in [0.05, 0.1) is 6.10 Å². The summed E-state index contributed by atoms with van der Waals surface area (Å²) in [5.74, 6) is -1.38. The van der Waals surface area contributed by atoms with Gasteiger partial charge in [0.15, 0.2) is 0 Å². The fourth-order valence-electron chi connectivity index (χ4n) is 1.50. The molecule has 0 aliphatic carbocycles. The Balaban J connectivity index is 0.00000289. The maximum atomic E-state index is 13.0. The molecule has 0 aliphatic rings. The Morgan fingerprint density at radius 2 is 1.61 bits per heavy atom. The maximum Gasteiger partial charge on any atom is 0.126 e. The first-order valence-corrected chi connectivity index (χ1v) is 5.60. The van der Waals surface area contributed by atoms with Crippen LogP contribution in [-0.4, -0.2) is 11.1 Å². The van der Waals surface area contributed by atoms with E-state index in [2.05, 4.69) is 0 Å². The molecule has 0 saturated heterocycles. The molecule has 2 nitrogen and oxygen atoms in total. The lowest BCUT2D eigenvalue weighted by molar-refractivity contribution is 0.133. The second-order valence-corrected chi connectivity index (χ2v) is 5.43. The highest BCUT2D eigenvalue weighted by Gasteiger charge is 2.24. The molecule has 0 aromatic heterocycles. The summed E-state index contributed by atoms with van der Waals surface area (Å²) in [6.45, 7) is 5.86. The molecule has 0 unspecified atom stereocenters. The van der Waals surface area contributed by atoms with Crippen LogP contribution >= 0.6 is 12.4 Å². The second-order valence-electron chi connectivity index (χ2n) is 5.43. The normalized spacial score (nSPS) is 14.8. The van der Waals surface area contributed by atoms with Gasteiger partial charge in [-0.05, 0) is 29.5 Å². The van der Waals surface area contributed by atoms with Gasteiger partial charge < -0.3 is 10.8 Å². The van der Waals surface area contributed by atoms with Crippen molar-refractivity contribution in [2.75, 3.05) is 0 Å². The van der Waals surface area contributed by atoms with Crippen molar-refractivity contribution in [3.8, 4) is 0 Å². The minimum Gasteiger partial charge on any atom is -0.388 e. The monoisotopic (exact) mass is 279 g/mol. The van der Waals surface area contributed by atoms with Crippen LogP contribution in [-0.2, 0) is 0 Å². The van der Waals surface area contributed by atoms with E-state index in [4.69, 9.17) is 5.73 Å². The van der Waals surface area contributed by atoms with Crippen molar-refractivity contribution in [2.24, 2.45) is 11.1 Å². The number of hydrogen-bond acceptors (Lipinski definition) is 2. The Kier molecular flexibility index (Phi) is 6.20. The fourth-order valence-corrected chi connectivity index (χ4v) is 1.50. The van der Waals surface area contributed by atoms with E-state index >= 15 is 0 Å². The molecule has 104 valence electrons. The number of nitrogens with two attached hydrogens (primary N) is 1. The van der Waals surface area contributed by atoms with E-state index in [-0.39, 0.29) is 35.8 Å². The van der Waals surface area contributed by atoms with Gasteiger partial charge in [-0.1, -0.05) is 20.8 Å². The molecule has 5 heteroatoms. The summed E-state index contributed by atoms with van der Waals surface area (Å²) in [7, 11) is 0. The van der Waals surface area contributed by atoms with Gasteiger partial charge >= 0.3 is 0 Å². The largest absolute Gasteiger partial charge is 0.388 e. The first-order chi connectivity index (χ1) is 7.70. The Bertz CT molecular complexity index is 373. The number of halogens is 3. The van der Waals surface area contributed by atoms with Gasteiger partial charge in [0.25, 0.3) is 0 Å². The zero-order chi connectivity index (χ0) is 13.2. The van der Waals surface area contributed by atoms with Crippen LogP contribution in [0.4, 0.5) is 8.78 Å². The first kappa shape index (κ1) is 17.3. The van der Waals surface area contributed by atoms with E-state index in [0.717, 1.165) is 18.2 Å².